The maximum absolute atomic E-state index is 5.31. The van der Waals surface area contributed by atoms with Gasteiger partial charge in [-0.3, -0.25) is 0 Å². The first kappa shape index (κ1) is 16.9. The molecule has 0 aliphatic carbocycles. The first-order valence-corrected chi connectivity index (χ1v) is 8.58. The molecule has 5 heteroatoms. The fourth-order valence-corrected chi connectivity index (χ4v) is 2.88. The molecular weight excluding hydrogens is 276 g/mol. The van der Waals surface area contributed by atoms with Crippen LogP contribution in [-0.2, 0) is 6.54 Å². The molecule has 2 rings (SSSR count). The van der Waals surface area contributed by atoms with Gasteiger partial charge in [-0.05, 0) is 51.8 Å². The number of nitrogens with one attached hydrogen (secondary N) is 2. The summed E-state index contributed by atoms with van der Waals surface area (Å²) in [5.41, 5.74) is 0. The lowest BCUT2D eigenvalue weighted by Crippen LogP contribution is -2.41. The quantitative estimate of drug-likeness (QED) is 0.462. The summed E-state index contributed by atoms with van der Waals surface area (Å²) in [5, 5.41) is 6.68. The summed E-state index contributed by atoms with van der Waals surface area (Å²) in [5.74, 6) is 1.75. The standard InChI is InChI=1S/C17H30N4O/c1-3-18-17(20-14-16-9-6-13-22-16)19-10-7-12-21-11-5-4-8-15(21)2/h6,9,13,15H,3-5,7-8,10-12,14H2,1-2H3,(H2,18,19,20). The molecule has 1 aromatic rings. The molecule has 124 valence electrons. The van der Waals surface area contributed by atoms with Crippen LogP contribution in [0, 0.1) is 0 Å². The van der Waals surface area contributed by atoms with Gasteiger partial charge >= 0.3 is 0 Å². The molecule has 0 aromatic carbocycles. The molecule has 1 unspecified atom stereocenters. The van der Waals surface area contributed by atoms with Gasteiger partial charge in [0.05, 0.1) is 6.26 Å². The van der Waals surface area contributed by atoms with Crippen molar-refractivity contribution in [1.82, 2.24) is 15.5 Å². The van der Waals surface area contributed by atoms with Crippen molar-refractivity contribution in [2.45, 2.75) is 52.1 Å². The third-order valence-electron chi connectivity index (χ3n) is 4.17. The van der Waals surface area contributed by atoms with Gasteiger partial charge in [0.1, 0.15) is 12.3 Å². The first-order chi connectivity index (χ1) is 10.8. The number of nitrogens with zero attached hydrogens (tertiary/aromatic N) is 2. The molecule has 0 bridgehead atoms. The van der Waals surface area contributed by atoms with Gasteiger partial charge in [-0.15, -0.1) is 0 Å². The summed E-state index contributed by atoms with van der Waals surface area (Å²) < 4.78 is 5.31. The van der Waals surface area contributed by atoms with Crippen LogP contribution in [0.5, 0.6) is 0 Å². The molecular formula is C17H30N4O. The maximum atomic E-state index is 5.31. The Bertz CT molecular complexity index is 430. The highest BCUT2D eigenvalue weighted by Gasteiger charge is 2.17. The minimum Gasteiger partial charge on any atom is -0.467 e. The number of furan rings is 1. The molecule has 1 fully saturated rings. The molecule has 2 heterocycles. The van der Waals surface area contributed by atoms with Gasteiger partial charge < -0.3 is 20.0 Å². The first-order valence-electron chi connectivity index (χ1n) is 8.58. The van der Waals surface area contributed by atoms with Crippen molar-refractivity contribution in [2.75, 3.05) is 26.2 Å². The second-order valence-corrected chi connectivity index (χ2v) is 5.94. The van der Waals surface area contributed by atoms with Crippen molar-refractivity contribution in [3.8, 4) is 0 Å². The minimum atomic E-state index is 0.575. The normalized spacial score (nSPS) is 20.1. The summed E-state index contributed by atoms with van der Waals surface area (Å²) in [6.45, 7) is 9.26. The molecule has 0 spiro atoms. The van der Waals surface area contributed by atoms with E-state index in [1.807, 2.05) is 12.1 Å². The molecule has 2 N–H and O–H groups in total. The van der Waals surface area contributed by atoms with Gasteiger partial charge in [0, 0.05) is 25.7 Å². The largest absolute Gasteiger partial charge is 0.467 e. The van der Waals surface area contributed by atoms with Gasteiger partial charge in [0.25, 0.3) is 0 Å². The van der Waals surface area contributed by atoms with E-state index in [1.165, 1.54) is 32.4 Å². The Balaban J connectivity index is 1.68. The summed E-state index contributed by atoms with van der Waals surface area (Å²) in [6.07, 6.45) is 6.92. The van der Waals surface area contributed by atoms with Crippen LogP contribution in [-0.4, -0.2) is 43.1 Å². The molecule has 0 saturated carbocycles. The van der Waals surface area contributed by atoms with Crippen LogP contribution < -0.4 is 10.6 Å². The van der Waals surface area contributed by atoms with Gasteiger partial charge in [-0.1, -0.05) is 6.42 Å². The molecule has 1 aromatic heterocycles. The molecule has 1 aliphatic rings. The average Bonchev–Trinajstić information content (AvgIpc) is 3.04. The summed E-state index contributed by atoms with van der Waals surface area (Å²) in [6, 6.07) is 4.59. The number of hydrogen-bond acceptors (Lipinski definition) is 3. The van der Waals surface area contributed by atoms with Gasteiger partial charge in [-0.2, -0.15) is 0 Å². The van der Waals surface area contributed by atoms with E-state index >= 15 is 0 Å². The van der Waals surface area contributed by atoms with Crippen LogP contribution >= 0.6 is 0 Å². The Morgan fingerprint density at radius 3 is 3.05 bits per heavy atom. The fraction of sp³-hybridized carbons (Fsp3) is 0.706. The predicted molar refractivity (Wildman–Crippen MR) is 91.0 cm³/mol. The van der Waals surface area contributed by atoms with E-state index in [4.69, 9.17) is 4.42 Å². The van der Waals surface area contributed by atoms with Crippen molar-refractivity contribution >= 4 is 5.96 Å². The Hall–Kier alpha value is -1.49. The van der Waals surface area contributed by atoms with Gasteiger partial charge in [0.15, 0.2) is 5.96 Å². The lowest BCUT2D eigenvalue weighted by molar-refractivity contribution is 0.159. The van der Waals surface area contributed by atoms with Crippen LogP contribution in [0.2, 0.25) is 0 Å². The second-order valence-electron chi connectivity index (χ2n) is 5.94. The summed E-state index contributed by atoms with van der Waals surface area (Å²) >= 11 is 0. The predicted octanol–water partition coefficient (Wildman–Crippen LogP) is 2.60. The number of aliphatic imine (C=N–C) groups is 1. The van der Waals surface area contributed by atoms with Gasteiger partial charge in [-0.25, -0.2) is 4.99 Å². The van der Waals surface area contributed by atoms with Crippen molar-refractivity contribution in [1.29, 1.82) is 0 Å². The van der Waals surface area contributed by atoms with Crippen molar-refractivity contribution < 1.29 is 4.42 Å². The molecule has 1 saturated heterocycles. The lowest BCUT2D eigenvalue weighted by atomic mass is 10.0. The number of piperidine rings is 1. The summed E-state index contributed by atoms with van der Waals surface area (Å²) in [4.78, 5) is 7.15. The highest BCUT2D eigenvalue weighted by molar-refractivity contribution is 5.79. The van der Waals surface area contributed by atoms with Crippen LogP contribution in [0.4, 0.5) is 0 Å². The molecule has 0 radical (unpaired) electrons. The van der Waals surface area contributed by atoms with Crippen molar-refractivity contribution in [3.63, 3.8) is 0 Å². The van der Waals surface area contributed by atoms with Crippen LogP contribution in [0.15, 0.2) is 27.8 Å². The lowest BCUT2D eigenvalue weighted by Gasteiger charge is -2.33. The van der Waals surface area contributed by atoms with E-state index in [9.17, 15) is 0 Å². The zero-order valence-electron chi connectivity index (χ0n) is 14.0. The molecule has 5 nitrogen and oxygen atoms in total. The maximum Gasteiger partial charge on any atom is 0.191 e. The Kier molecular flexibility index (Phi) is 7.30. The van der Waals surface area contributed by atoms with E-state index in [0.29, 0.717) is 6.54 Å². The van der Waals surface area contributed by atoms with Crippen LogP contribution in [0.3, 0.4) is 0 Å². The second kappa shape index (κ2) is 9.51. The van der Waals surface area contributed by atoms with Crippen molar-refractivity contribution in [3.05, 3.63) is 24.2 Å². The third kappa shape index (κ3) is 5.72. The topological polar surface area (TPSA) is 52.8 Å². The Morgan fingerprint density at radius 2 is 2.32 bits per heavy atom. The SMILES string of the molecule is CCNC(=NCc1ccco1)NCCCN1CCCCC1C. The molecule has 1 aliphatic heterocycles. The molecule has 0 amide bonds. The zero-order chi connectivity index (χ0) is 15.6. The van der Waals surface area contributed by atoms with Crippen LogP contribution in [0.1, 0.15) is 45.3 Å². The van der Waals surface area contributed by atoms with E-state index in [0.717, 1.165) is 37.3 Å². The van der Waals surface area contributed by atoms with Crippen LogP contribution in [0.25, 0.3) is 0 Å². The van der Waals surface area contributed by atoms with E-state index in [-0.39, 0.29) is 0 Å². The highest BCUT2D eigenvalue weighted by Crippen LogP contribution is 2.15. The monoisotopic (exact) mass is 306 g/mol. The molecule has 22 heavy (non-hydrogen) atoms. The minimum absolute atomic E-state index is 0.575. The Morgan fingerprint density at radius 1 is 1.41 bits per heavy atom. The van der Waals surface area contributed by atoms with E-state index in [1.54, 1.807) is 6.26 Å². The van der Waals surface area contributed by atoms with E-state index < -0.39 is 0 Å². The fourth-order valence-electron chi connectivity index (χ4n) is 2.88. The zero-order valence-corrected chi connectivity index (χ0v) is 14.0. The average molecular weight is 306 g/mol. The number of likely N-dealkylation sites (tertiary alicyclic amines) is 1. The van der Waals surface area contributed by atoms with Crippen molar-refractivity contribution in [2.24, 2.45) is 4.99 Å². The summed E-state index contributed by atoms with van der Waals surface area (Å²) in [7, 11) is 0. The number of hydrogen-bond donors (Lipinski definition) is 2. The number of guanidine groups is 1. The van der Waals surface area contributed by atoms with Gasteiger partial charge in [0.2, 0.25) is 0 Å². The number of rotatable bonds is 7. The molecule has 1 atom stereocenters. The Labute approximate surface area is 134 Å². The third-order valence-corrected chi connectivity index (χ3v) is 4.17. The van der Waals surface area contributed by atoms with E-state index in [2.05, 4.69) is 34.4 Å². The smallest absolute Gasteiger partial charge is 0.191 e. The highest BCUT2D eigenvalue weighted by atomic mass is 16.3.